The minimum absolute atomic E-state index is 0.0445. The van der Waals surface area contributed by atoms with E-state index in [2.05, 4.69) is 0 Å². The van der Waals surface area contributed by atoms with E-state index in [0.717, 1.165) is 45.3 Å². The predicted octanol–water partition coefficient (Wildman–Crippen LogP) is 2.86. The lowest BCUT2D eigenvalue weighted by molar-refractivity contribution is -0.162. The van der Waals surface area contributed by atoms with Gasteiger partial charge in [-0.25, -0.2) is 0 Å². The molecule has 1 fully saturated rings. The molecule has 0 amide bonds. The normalized spacial score (nSPS) is 22.3. The van der Waals surface area contributed by atoms with Gasteiger partial charge in [0.2, 0.25) is 0 Å². The van der Waals surface area contributed by atoms with Crippen LogP contribution >= 0.6 is 0 Å². The molecule has 1 atom stereocenters. The standard InChI is InChI=1S/C13H26O3/c1-13(2,14)9-5-3-6-10-15-12-8-4-7-11-16-12/h12,14H,3-11H2,1-2H3/t12-/m1/s1. The van der Waals surface area contributed by atoms with Gasteiger partial charge in [0.05, 0.1) is 5.60 Å². The molecule has 0 aliphatic carbocycles. The van der Waals surface area contributed by atoms with Gasteiger partial charge < -0.3 is 14.6 Å². The average molecular weight is 230 g/mol. The van der Waals surface area contributed by atoms with Crippen LogP contribution in [0.15, 0.2) is 0 Å². The van der Waals surface area contributed by atoms with Crippen LogP contribution in [0, 0.1) is 0 Å². The molecule has 1 rings (SSSR count). The summed E-state index contributed by atoms with van der Waals surface area (Å²) in [5.41, 5.74) is -0.520. The van der Waals surface area contributed by atoms with Gasteiger partial charge in [0.15, 0.2) is 6.29 Å². The molecule has 1 aliphatic rings. The zero-order valence-electron chi connectivity index (χ0n) is 10.7. The summed E-state index contributed by atoms with van der Waals surface area (Å²) >= 11 is 0. The zero-order valence-corrected chi connectivity index (χ0v) is 10.7. The fourth-order valence-corrected chi connectivity index (χ4v) is 1.89. The molecule has 3 heteroatoms. The molecule has 0 radical (unpaired) electrons. The highest BCUT2D eigenvalue weighted by Crippen LogP contribution is 2.15. The summed E-state index contributed by atoms with van der Waals surface area (Å²) < 4.78 is 11.1. The van der Waals surface area contributed by atoms with E-state index in [0.29, 0.717) is 0 Å². The van der Waals surface area contributed by atoms with Gasteiger partial charge in [-0.2, -0.15) is 0 Å². The van der Waals surface area contributed by atoms with Crippen molar-refractivity contribution in [2.45, 2.75) is 70.7 Å². The van der Waals surface area contributed by atoms with Crippen LogP contribution in [-0.4, -0.2) is 30.2 Å². The van der Waals surface area contributed by atoms with Gasteiger partial charge in [0, 0.05) is 13.2 Å². The van der Waals surface area contributed by atoms with Crippen LogP contribution in [0.25, 0.3) is 0 Å². The van der Waals surface area contributed by atoms with Crippen molar-refractivity contribution in [1.82, 2.24) is 0 Å². The predicted molar refractivity (Wildman–Crippen MR) is 64.3 cm³/mol. The maximum Gasteiger partial charge on any atom is 0.157 e. The van der Waals surface area contributed by atoms with Crippen LogP contribution in [0.5, 0.6) is 0 Å². The Bertz CT molecular complexity index is 169. The molecule has 0 saturated carbocycles. The summed E-state index contributed by atoms with van der Waals surface area (Å²) in [6, 6.07) is 0. The lowest BCUT2D eigenvalue weighted by atomic mass is 10.0. The molecule has 16 heavy (non-hydrogen) atoms. The van der Waals surface area contributed by atoms with E-state index in [1.165, 1.54) is 12.8 Å². The first-order chi connectivity index (χ1) is 7.58. The SMILES string of the molecule is CC(C)(O)CCCCCO[C@H]1CCCCO1. The third-order valence-electron chi connectivity index (χ3n) is 2.87. The second-order valence-electron chi connectivity index (χ2n) is 5.29. The van der Waals surface area contributed by atoms with Crippen molar-refractivity contribution in [2.24, 2.45) is 0 Å². The maximum atomic E-state index is 9.53. The summed E-state index contributed by atoms with van der Waals surface area (Å²) in [6.07, 6.45) is 7.61. The maximum absolute atomic E-state index is 9.53. The topological polar surface area (TPSA) is 38.7 Å². The van der Waals surface area contributed by atoms with Crippen molar-refractivity contribution in [2.75, 3.05) is 13.2 Å². The third kappa shape index (κ3) is 7.20. The Kier molecular flexibility index (Phi) is 6.32. The van der Waals surface area contributed by atoms with Crippen LogP contribution in [0.1, 0.15) is 58.8 Å². The molecule has 96 valence electrons. The Morgan fingerprint density at radius 2 is 2.06 bits per heavy atom. The highest BCUT2D eigenvalue weighted by atomic mass is 16.7. The molecule has 3 nitrogen and oxygen atoms in total. The molecule has 1 aliphatic heterocycles. The van der Waals surface area contributed by atoms with E-state index in [4.69, 9.17) is 9.47 Å². The third-order valence-corrected chi connectivity index (χ3v) is 2.87. The molecule has 1 N–H and O–H groups in total. The fourth-order valence-electron chi connectivity index (χ4n) is 1.89. The summed E-state index contributed by atoms with van der Waals surface area (Å²) in [7, 11) is 0. The summed E-state index contributed by atoms with van der Waals surface area (Å²) in [4.78, 5) is 0. The quantitative estimate of drug-likeness (QED) is 0.683. The van der Waals surface area contributed by atoms with Crippen molar-refractivity contribution in [3.8, 4) is 0 Å². The lowest BCUT2D eigenvalue weighted by Gasteiger charge is -2.22. The molecule has 0 aromatic heterocycles. The average Bonchev–Trinajstić information content (AvgIpc) is 2.23. The fraction of sp³-hybridized carbons (Fsp3) is 1.00. The van der Waals surface area contributed by atoms with E-state index >= 15 is 0 Å². The molecular formula is C13H26O3. The van der Waals surface area contributed by atoms with Gasteiger partial charge in [-0.05, 0) is 46.0 Å². The molecule has 0 bridgehead atoms. The lowest BCUT2D eigenvalue weighted by Crippen LogP contribution is -2.22. The van der Waals surface area contributed by atoms with E-state index in [1.54, 1.807) is 0 Å². The highest BCUT2D eigenvalue weighted by molar-refractivity contribution is 4.64. The first-order valence-corrected chi connectivity index (χ1v) is 6.53. The van der Waals surface area contributed by atoms with E-state index in [1.807, 2.05) is 13.8 Å². The van der Waals surface area contributed by atoms with Gasteiger partial charge in [0.1, 0.15) is 0 Å². The van der Waals surface area contributed by atoms with Gasteiger partial charge in [-0.3, -0.25) is 0 Å². The molecule has 1 saturated heterocycles. The van der Waals surface area contributed by atoms with Crippen LogP contribution in [-0.2, 0) is 9.47 Å². The molecule has 0 spiro atoms. The number of ether oxygens (including phenoxy) is 2. The van der Waals surface area contributed by atoms with E-state index < -0.39 is 5.60 Å². The van der Waals surface area contributed by atoms with Gasteiger partial charge in [0.25, 0.3) is 0 Å². The number of rotatable bonds is 7. The number of unbranched alkanes of at least 4 members (excludes halogenated alkanes) is 2. The molecule has 0 unspecified atom stereocenters. The Hall–Kier alpha value is -0.120. The van der Waals surface area contributed by atoms with Crippen LogP contribution in [0.2, 0.25) is 0 Å². The number of hydrogen-bond acceptors (Lipinski definition) is 3. The van der Waals surface area contributed by atoms with Crippen molar-refractivity contribution >= 4 is 0 Å². The minimum atomic E-state index is -0.520. The minimum Gasteiger partial charge on any atom is -0.390 e. The van der Waals surface area contributed by atoms with Crippen LogP contribution < -0.4 is 0 Å². The van der Waals surface area contributed by atoms with Crippen molar-refractivity contribution in [3.63, 3.8) is 0 Å². The van der Waals surface area contributed by atoms with Crippen molar-refractivity contribution in [3.05, 3.63) is 0 Å². The van der Waals surface area contributed by atoms with Gasteiger partial charge in [-0.1, -0.05) is 12.8 Å². The Morgan fingerprint density at radius 3 is 2.69 bits per heavy atom. The zero-order chi connectivity index (χ0) is 11.9. The summed E-state index contributed by atoms with van der Waals surface area (Å²) in [6.45, 7) is 5.36. The van der Waals surface area contributed by atoms with E-state index in [9.17, 15) is 5.11 Å². The molecular weight excluding hydrogens is 204 g/mol. The second kappa shape index (κ2) is 7.25. The molecule has 0 aromatic rings. The molecule has 0 aromatic carbocycles. The van der Waals surface area contributed by atoms with E-state index in [-0.39, 0.29) is 6.29 Å². The Labute approximate surface area is 99.1 Å². The van der Waals surface area contributed by atoms with Crippen LogP contribution in [0.3, 0.4) is 0 Å². The summed E-state index contributed by atoms with van der Waals surface area (Å²) in [5, 5.41) is 9.53. The second-order valence-corrected chi connectivity index (χ2v) is 5.29. The Balaban J connectivity index is 1.87. The summed E-state index contributed by atoms with van der Waals surface area (Å²) in [5.74, 6) is 0. The largest absolute Gasteiger partial charge is 0.390 e. The van der Waals surface area contributed by atoms with Crippen LogP contribution in [0.4, 0.5) is 0 Å². The van der Waals surface area contributed by atoms with Gasteiger partial charge >= 0.3 is 0 Å². The first-order valence-electron chi connectivity index (χ1n) is 6.53. The number of hydrogen-bond donors (Lipinski definition) is 1. The first kappa shape index (κ1) is 13.9. The monoisotopic (exact) mass is 230 g/mol. The van der Waals surface area contributed by atoms with Gasteiger partial charge in [-0.15, -0.1) is 0 Å². The smallest absolute Gasteiger partial charge is 0.157 e. The molecule has 1 heterocycles. The number of aliphatic hydroxyl groups is 1. The van der Waals surface area contributed by atoms with Crippen molar-refractivity contribution < 1.29 is 14.6 Å². The highest BCUT2D eigenvalue weighted by Gasteiger charge is 2.14. The van der Waals surface area contributed by atoms with Crippen molar-refractivity contribution in [1.29, 1.82) is 0 Å². The Morgan fingerprint density at radius 1 is 1.25 bits per heavy atom.